The van der Waals surface area contributed by atoms with E-state index in [0.29, 0.717) is 6.04 Å². The van der Waals surface area contributed by atoms with Crippen LogP contribution in [-0.4, -0.2) is 32.4 Å². The first-order valence-electron chi connectivity index (χ1n) is 8.95. The van der Waals surface area contributed by atoms with Gasteiger partial charge in [0.05, 0.1) is 17.1 Å². The zero-order valence-corrected chi connectivity index (χ0v) is 15.1. The Morgan fingerprint density at radius 3 is 1.73 bits per heavy atom. The van der Waals surface area contributed by atoms with Gasteiger partial charge in [-0.15, -0.1) is 0 Å². The first kappa shape index (κ1) is 18.2. The molecule has 3 heterocycles. The smallest absolute Gasteiger partial charge is 0.0544 e. The Bertz CT molecular complexity index is 708. The highest BCUT2D eigenvalue weighted by Crippen LogP contribution is 2.08. The Labute approximate surface area is 155 Å². The van der Waals surface area contributed by atoms with E-state index in [1.54, 1.807) is 0 Å². The second kappa shape index (κ2) is 9.75. The molecule has 0 fully saturated rings. The molecule has 3 aromatic rings. The van der Waals surface area contributed by atoms with Gasteiger partial charge in [0, 0.05) is 50.8 Å². The zero-order valence-electron chi connectivity index (χ0n) is 15.1. The molecule has 3 rings (SSSR count). The zero-order chi connectivity index (χ0) is 18.0. The number of rotatable bonds is 9. The molecule has 0 aliphatic rings. The minimum atomic E-state index is 0.324. The quantitative estimate of drug-likeness (QED) is 0.645. The second-order valence-corrected chi connectivity index (χ2v) is 6.41. The molecule has 0 saturated carbocycles. The van der Waals surface area contributed by atoms with E-state index in [1.165, 1.54) is 0 Å². The number of hydrogen-bond acceptors (Lipinski definition) is 5. The van der Waals surface area contributed by atoms with Gasteiger partial charge >= 0.3 is 0 Å². The third-order valence-electron chi connectivity index (χ3n) is 4.11. The Balaban J connectivity index is 1.60. The van der Waals surface area contributed by atoms with Crippen LogP contribution < -0.4 is 5.32 Å². The van der Waals surface area contributed by atoms with Crippen LogP contribution in [0.15, 0.2) is 73.2 Å². The van der Waals surface area contributed by atoms with Crippen LogP contribution in [0, 0.1) is 0 Å². The van der Waals surface area contributed by atoms with Crippen molar-refractivity contribution >= 4 is 0 Å². The Morgan fingerprint density at radius 2 is 1.27 bits per heavy atom. The fourth-order valence-corrected chi connectivity index (χ4v) is 2.86. The number of pyridine rings is 3. The van der Waals surface area contributed by atoms with E-state index >= 15 is 0 Å². The lowest BCUT2D eigenvalue weighted by molar-refractivity contribution is 0.225. The van der Waals surface area contributed by atoms with Crippen LogP contribution >= 0.6 is 0 Å². The molecular formula is C21H25N5. The Hall–Kier alpha value is -2.63. The lowest BCUT2D eigenvalue weighted by atomic mass is 10.2. The molecule has 0 bridgehead atoms. The third-order valence-corrected chi connectivity index (χ3v) is 4.11. The normalized spacial score (nSPS) is 12.2. The summed E-state index contributed by atoms with van der Waals surface area (Å²) < 4.78 is 0. The molecular weight excluding hydrogens is 322 g/mol. The molecule has 0 spiro atoms. The molecule has 1 unspecified atom stereocenters. The topological polar surface area (TPSA) is 53.9 Å². The van der Waals surface area contributed by atoms with Gasteiger partial charge in [-0.3, -0.25) is 19.9 Å². The molecule has 0 radical (unpaired) electrons. The fraction of sp³-hybridized carbons (Fsp3) is 0.286. The van der Waals surface area contributed by atoms with Gasteiger partial charge in [0.1, 0.15) is 0 Å². The van der Waals surface area contributed by atoms with Crippen LogP contribution in [0.1, 0.15) is 24.0 Å². The van der Waals surface area contributed by atoms with E-state index in [4.69, 9.17) is 0 Å². The minimum Gasteiger partial charge on any atom is -0.307 e. The summed E-state index contributed by atoms with van der Waals surface area (Å²) >= 11 is 0. The molecule has 1 atom stereocenters. The van der Waals surface area contributed by atoms with E-state index in [0.717, 1.165) is 43.3 Å². The molecule has 0 saturated heterocycles. The van der Waals surface area contributed by atoms with Gasteiger partial charge in [0.2, 0.25) is 0 Å². The molecule has 1 N–H and O–H groups in total. The highest BCUT2D eigenvalue weighted by molar-refractivity contribution is 5.07. The van der Waals surface area contributed by atoms with E-state index in [9.17, 15) is 0 Å². The van der Waals surface area contributed by atoms with Crippen molar-refractivity contribution in [2.45, 2.75) is 32.6 Å². The molecule has 5 heteroatoms. The lowest BCUT2D eigenvalue weighted by Gasteiger charge is -2.25. The molecule has 0 aliphatic carbocycles. The minimum absolute atomic E-state index is 0.324. The van der Waals surface area contributed by atoms with Gasteiger partial charge in [-0.05, 0) is 43.3 Å². The summed E-state index contributed by atoms with van der Waals surface area (Å²) in [4.78, 5) is 15.7. The molecule has 0 amide bonds. The molecule has 26 heavy (non-hydrogen) atoms. The summed E-state index contributed by atoms with van der Waals surface area (Å²) in [5.41, 5.74) is 3.20. The molecule has 134 valence electrons. The first-order chi connectivity index (χ1) is 12.8. The largest absolute Gasteiger partial charge is 0.307 e. The van der Waals surface area contributed by atoms with E-state index in [-0.39, 0.29) is 0 Å². The Morgan fingerprint density at radius 1 is 0.769 bits per heavy atom. The Kier molecular flexibility index (Phi) is 6.81. The van der Waals surface area contributed by atoms with Crippen LogP contribution in [-0.2, 0) is 19.6 Å². The second-order valence-electron chi connectivity index (χ2n) is 6.41. The van der Waals surface area contributed by atoms with Gasteiger partial charge in [-0.1, -0.05) is 18.2 Å². The molecule has 0 aliphatic heterocycles. The predicted molar refractivity (Wildman–Crippen MR) is 103 cm³/mol. The van der Waals surface area contributed by atoms with Gasteiger partial charge in [-0.2, -0.15) is 0 Å². The highest BCUT2D eigenvalue weighted by Gasteiger charge is 2.13. The summed E-state index contributed by atoms with van der Waals surface area (Å²) in [6, 6.07) is 18.4. The number of nitrogens with zero attached hydrogens (tertiary/aromatic N) is 4. The fourth-order valence-electron chi connectivity index (χ4n) is 2.86. The van der Waals surface area contributed by atoms with Crippen molar-refractivity contribution in [1.29, 1.82) is 0 Å². The molecule has 5 nitrogen and oxygen atoms in total. The van der Waals surface area contributed by atoms with Crippen LogP contribution in [0.25, 0.3) is 0 Å². The average molecular weight is 347 g/mol. The number of nitrogens with one attached hydrogen (secondary N) is 1. The summed E-state index contributed by atoms with van der Waals surface area (Å²) in [7, 11) is 0. The van der Waals surface area contributed by atoms with Crippen molar-refractivity contribution in [2.24, 2.45) is 0 Å². The van der Waals surface area contributed by atoms with Crippen LogP contribution in [0.3, 0.4) is 0 Å². The molecule has 0 aromatic carbocycles. The predicted octanol–water partition coefficient (Wildman–Crippen LogP) is 3.05. The lowest BCUT2D eigenvalue weighted by Crippen LogP contribution is -2.38. The number of hydrogen-bond donors (Lipinski definition) is 1. The first-order valence-corrected chi connectivity index (χ1v) is 8.95. The van der Waals surface area contributed by atoms with Gasteiger partial charge in [0.15, 0.2) is 0 Å². The summed E-state index contributed by atoms with van der Waals surface area (Å²) in [5.74, 6) is 0. The van der Waals surface area contributed by atoms with Crippen molar-refractivity contribution in [3.63, 3.8) is 0 Å². The molecule has 3 aromatic heterocycles. The average Bonchev–Trinajstić information content (AvgIpc) is 2.69. The van der Waals surface area contributed by atoms with E-state index in [2.05, 4.69) is 44.2 Å². The van der Waals surface area contributed by atoms with Crippen LogP contribution in [0.4, 0.5) is 0 Å². The van der Waals surface area contributed by atoms with Crippen molar-refractivity contribution in [2.75, 3.05) is 6.54 Å². The van der Waals surface area contributed by atoms with E-state index < -0.39 is 0 Å². The monoisotopic (exact) mass is 347 g/mol. The van der Waals surface area contributed by atoms with Crippen LogP contribution in [0.2, 0.25) is 0 Å². The maximum Gasteiger partial charge on any atom is 0.0544 e. The van der Waals surface area contributed by atoms with Gasteiger partial charge in [-0.25, -0.2) is 0 Å². The third kappa shape index (κ3) is 6.02. The maximum absolute atomic E-state index is 4.47. The summed E-state index contributed by atoms with van der Waals surface area (Å²) in [6.07, 6.45) is 5.52. The maximum atomic E-state index is 4.47. The van der Waals surface area contributed by atoms with Gasteiger partial charge in [0.25, 0.3) is 0 Å². The SMILES string of the molecule is CC(CN(Cc1ccccn1)Cc1ccccn1)NCc1ccccn1. The van der Waals surface area contributed by atoms with Crippen LogP contribution in [0.5, 0.6) is 0 Å². The summed E-state index contributed by atoms with van der Waals surface area (Å²) in [6.45, 7) is 5.47. The standard InChI is InChI=1S/C21H25N5/c1-18(25-14-19-8-2-5-11-22-19)15-26(16-20-9-3-6-12-23-20)17-21-10-4-7-13-24-21/h2-13,18,25H,14-17H2,1H3. The van der Waals surface area contributed by atoms with Crippen molar-refractivity contribution in [1.82, 2.24) is 25.2 Å². The highest BCUT2D eigenvalue weighted by atomic mass is 15.2. The summed E-state index contributed by atoms with van der Waals surface area (Å²) in [5, 5.41) is 3.56. The number of aromatic nitrogens is 3. The van der Waals surface area contributed by atoms with Crippen molar-refractivity contribution in [3.05, 3.63) is 90.3 Å². The van der Waals surface area contributed by atoms with Gasteiger partial charge < -0.3 is 5.32 Å². The van der Waals surface area contributed by atoms with E-state index in [1.807, 2.05) is 61.1 Å². The van der Waals surface area contributed by atoms with Crippen molar-refractivity contribution < 1.29 is 0 Å². The van der Waals surface area contributed by atoms with Crippen molar-refractivity contribution in [3.8, 4) is 0 Å².